The predicted octanol–water partition coefficient (Wildman–Crippen LogP) is 16.5. The molecule has 0 aromatic rings. The number of hydrogen-bond acceptors (Lipinski definition) is 6. The van der Waals surface area contributed by atoms with Crippen LogP contribution in [0.2, 0.25) is 0 Å². The van der Waals surface area contributed by atoms with E-state index in [0.29, 0.717) is 19.3 Å². The monoisotopic (exact) mass is 829 g/mol. The summed E-state index contributed by atoms with van der Waals surface area (Å²) in [6.45, 7) is 6.58. The molecule has 344 valence electrons. The Labute approximate surface area is 365 Å². The van der Waals surface area contributed by atoms with Crippen molar-refractivity contribution in [1.29, 1.82) is 0 Å². The van der Waals surface area contributed by atoms with E-state index in [1.165, 1.54) is 148 Å². The summed E-state index contributed by atoms with van der Waals surface area (Å²) in [5.41, 5.74) is 0. The van der Waals surface area contributed by atoms with Gasteiger partial charge in [0.15, 0.2) is 6.10 Å². The molecule has 0 saturated carbocycles. The van der Waals surface area contributed by atoms with Gasteiger partial charge in [0.1, 0.15) is 13.2 Å². The molecule has 0 fully saturated rings. The van der Waals surface area contributed by atoms with Crippen molar-refractivity contribution in [3.05, 3.63) is 36.5 Å². The molecule has 0 N–H and O–H groups in total. The second-order valence-electron chi connectivity index (χ2n) is 17.1. The Hall–Kier alpha value is -2.37. The fourth-order valence-corrected chi connectivity index (χ4v) is 7.19. The standard InChI is InChI=1S/C53H96O6/c1-4-7-10-13-16-19-22-25-26-27-28-29-32-34-37-40-43-46-52(55)58-49-50(59-53(56)47-44-41-38-35-31-24-21-18-15-12-9-6-3)48-57-51(54)45-42-39-36-33-30-23-20-17-14-11-8-5-2/h17-18,20-21,25-26,50H,4-16,19,22-24,27-49H2,1-3H3/b20-17-,21-18-,26-25-. The van der Waals surface area contributed by atoms with Gasteiger partial charge in [-0.2, -0.15) is 0 Å². The molecule has 0 saturated heterocycles. The summed E-state index contributed by atoms with van der Waals surface area (Å²) in [5, 5.41) is 0. The van der Waals surface area contributed by atoms with E-state index in [2.05, 4.69) is 57.2 Å². The zero-order valence-electron chi connectivity index (χ0n) is 39.3. The van der Waals surface area contributed by atoms with E-state index < -0.39 is 6.10 Å². The van der Waals surface area contributed by atoms with Crippen molar-refractivity contribution >= 4 is 17.9 Å². The van der Waals surface area contributed by atoms with Crippen molar-refractivity contribution in [3.63, 3.8) is 0 Å². The maximum atomic E-state index is 12.7. The lowest BCUT2D eigenvalue weighted by Crippen LogP contribution is -2.30. The van der Waals surface area contributed by atoms with Crippen LogP contribution in [0.5, 0.6) is 0 Å². The molecule has 0 aliphatic heterocycles. The molecule has 0 radical (unpaired) electrons. The Morgan fingerprint density at radius 3 is 0.881 bits per heavy atom. The zero-order valence-corrected chi connectivity index (χ0v) is 39.3. The third kappa shape index (κ3) is 46.5. The molecule has 0 aromatic carbocycles. The van der Waals surface area contributed by atoms with Crippen LogP contribution in [-0.2, 0) is 28.6 Å². The van der Waals surface area contributed by atoms with E-state index in [1.807, 2.05) is 0 Å². The van der Waals surface area contributed by atoms with Gasteiger partial charge in [0.25, 0.3) is 0 Å². The van der Waals surface area contributed by atoms with E-state index in [9.17, 15) is 14.4 Å². The molecule has 0 heterocycles. The van der Waals surface area contributed by atoms with Crippen LogP contribution in [0.25, 0.3) is 0 Å². The van der Waals surface area contributed by atoms with Crippen LogP contribution in [-0.4, -0.2) is 37.2 Å². The van der Waals surface area contributed by atoms with Gasteiger partial charge in [-0.3, -0.25) is 14.4 Å². The van der Waals surface area contributed by atoms with Crippen molar-refractivity contribution in [2.45, 2.75) is 271 Å². The predicted molar refractivity (Wildman–Crippen MR) is 252 cm³/mol. The quantitative estimate of drug-likeness (QED) is 0.0263. The highest BCUT2D eigenvalue weighted by molar-refractivity contribution is 5.71. The number of esters is 3. The SMILES string of the molecule is CCCCC/C=C\CCCCCCCC(=O)OCC(COC(=O)CCCCCCCCC/C=C\CCCCCCCC)OC(=O)CCCCCCC/C=C\CCCCC. The van der Waals surface area contributed by atoms with Gasteiger partial charge in [0.05, 0.1) is 0 Å². The molecule has 6 heteroatoms. The van der Waals surface area contributed by atoms with Gasteiger partial charge in [-0.25, -0.2) is 0 Å². The molecule has 0 bridgehead atoms. The zero-order chi connectivity index (χ0) is 43.0. The van der Waals surface area contributed by atoms with E-state index in [4.69, 9.17) is 14.2 Å². The molecular weight excluding hydrogens is 733 g/mol. The molecule has 0 aliphatic rings. The third-order valence-electron chi connectivity index (χ3n) is 11.1. The van der Waals surface area contributed by atoms with Crippen LogP contribution in [0.1, 0.15) is 265 Å². The first-order valence-corrected chi connectivity index (χ1v) is 25.5. The number of unbranched alkanes of at least 4 members (excludes halogenated alkanes) is 29. The number of carbonyl (C=O) groups is 3. The second kappa shape index (κ2) is 48.3. The lowest BCUT2D eigenvalue weighted by Gasteiger charge is -2.18. The molecule has 1 unspecified atom stereocenters. The van der Waals surface area contributed by atoms with Gasteiger partial charge in [0, 0.05) is 19.3 Å². The first-order chi connectivity index (χ1) is 29.0. The second-order valence-corrected chi connectivity index (χ2v) is 17.1. The highest BCUT2D eigenvalue weighted by Crippen LogP contribution is 2.14. The smallest absolute Gasteiger partial charge is 0.306 e. The summed E-state index contributed by atoms with van der Waals surface area (Å²) in [4.78, 5) is 37.9. The van der Waals surface area contributed by atoms with Crippen molar-refractivity contribution < 1.29 is 28.6 Å². The van der Waals surface area contributed by atoms with Crippen molar-refractivity contribution in [1.82, 2.24) is 0 Å². The number of allylic oxidation sites excluding steroid dienone is 6. The molecule has 0 aliphatic carbocycles. The van der Waals surface area contributed by atoms with Crippen molar-refractivity contribution in [2.24, 2.45) is 0 Å². The fraction of sp³-hybridized carbons (Fsp3) is 0.830. The van der Waals surface area contributed by atoms with Gasteiger partial charge in [-0.1, -0.05) is 186 Å². The Morgan fingerprint density at radius 2 is 0.559 bits per heavy atom. The largest absolute Gasteiger partial charge is 0.462 e. The van der Waals surface area contributed by atoms with Crippen LogP contribution in [0.15, 0.2) is 36.5 Å². The maximum Gasteiger partial charge on any atom is 0.306 e. The minimum atomic E-state index is -0.778. The maximum absolute atomic E-state index is 12.7. The lowest BCUT2D eigenvalue weighted by molar-refractivity contribution is -0.167. The average molecular weight is 829 g/mol. The van der Waals surface area contributed by atoms with Crippen LogP contribution in [0.4, 0.5) is 0 Å². The van der Waals surface area contributed by atoms with Crippen LogP contribution < -0.4 is 0 Å². The van der Waals surface area contributed by atoms with E-state index >= 15 is 0 Å². The Kier molecular flexibility index (Phi) is 46.4. The van der Waals surface area contributed by atoms with Crippen molar-refractivity contribution in [2.75, 3.05) is 13.2 Å². The first kappa shape index (κ1) is 56.6. The molecule has 6 nitrogen and oxygen atoms in total. The van der Waals surface area contributed by atoms with E-state index in [1.54, 1.807) is 0 Å². The van der Waals surface area contributed by atoms with Gasteiger partial charge in [-0.05, 0) is 96.3 Å². The molecular formula is C53H96O6. The number of carbonyl (C=O) groups excluding carboxylic acids is 3. The van der Waals surface area contributed by atoms with Crippen molar-refractivity contribution in [3.8, 4) is 0 Å². The van der Waals surface area contributed by atoms with Crippen LogP contribution >= 0.6 is 0 Å². The Morgan fingerprint density at radius 1 is 0.322 bits per heavy atom. The molecule has 0 spiro atoms. The highest BCUT2D eigenvalue weighted by Gasteiger charge is 2.19. The number of hydrogen-bond donors (Lipinski definition) is 0. The minimum absolute atomic E-state index is 0.0791. The summed E-state index contributed by atoms with van der Waals surface area (Å²) < 4.78 is 16.8. The topological polar surface area (TPSA) is 78.9 Å². The normalized spacial score (nSPS) is 12.3. The van der Waals surface area contributed by atoms with Gasteiger partial charge in [-0.15, -0.1) is 0 Å². The number of rotatable bonds is 46. The van der Waals surface area contributed by atoms with Gasteiger partial charge < -0.3 is 14.2 Å². The summed E-state index contributed by atoms with van der Waals surface area (Å²) in [6.07, 6.45) is 55.5. The molecule has 1 atom stereocenters. The summed E-state index contributed by atoms with van der Waals surface area (Å²) in [5.74, 6) is -0.895. The van der Waals surface area contributed by atoms with Gasteiger partial charge in [0.2, 0.25) is 0 Å². The molecule has 59 heavy (non-hydrogen) atoms. The van der Waals surface area contributed by atoms with Crippen LogP contribution in [0, 0.1) is 0 Å². The summed E-state index contributed by atoms with van der Waals surface area (Å²) in [7, 11) is 0. The van der Waals surface area contributed by atoms with Crippen LogP contribution in [0.3, 0.4) is 0 Å². The Bertz CT molecular complexity index is 1000. The average Bonchev–Trinajstić information content (AvgIpc) is 3.23. The summed E-state index contributed by atoms with van der Waals surface area (Å²) >= 11 is 0. The third-order valence-corrected chi connectivity index (χ3v) is 11.1. The minimum Gasteiger partial charge on any atom is -0.462 e. The molecule has 0 aromatic heterocycles. The number of ether oxygens (including phenoxy) is 3. The van der Waals surface area contributed by atoms with E-state index in [0.717, 1.165) is 77.0 Å². The molecule has 0 amide bonds. The lowest BCUT2D eigenvalue weighted by atomic mass is 10.1. The Balaban J connectivity index is 4.35. The fourth-order valence-electron chi connectivity index (χ4n) is 7.19. The molecule has 0 rings (SSSR count). The first-order valence-electron chi connectivity index (χ1n) is 25.5. The van der Waals surface area contributed by atoms with E-state index in [-0.39, 0.29) is 31.1 Å². The highest BCUT2D eigenvalue weighted by atomic mass is 16.6. The van der Waals surface area contributed by atoms with Gasteiger partial charge >= 0.3 is 17.9 Å². The summed E-state index contributed by atoms with van der Waals surface area (Å²) in [6, 6.07) is 0.